The van der Waals surface area contributed by atoms with Crippen LogP contribution in [0.15, 0.2) is 24.3 Å². The maximum Gasteiger partial charge on any atom is 0.437 e. The third kappa shape index (κ3) is 3.88. The molecule has 28 heavy (non-hydrogen) atoms. The van der Waals surface area contributed by atoms with E-state index >= 15 is 0 Å². The maximum atomic E-state index is 14.1. The van der Waals surface area contributed by atoms with Crippen LogP contribution in [0, 0.1) is 5.82 Å². The van der Waals surface area contributed by atoms with Crippen LogP contribution in [0.25, 0.3) is 0 Å². The molecule has 1 N–H and O–H groups in total. The lowest BCUT2D eigenvalue weighted by Crippen LogP contribution is -2.50. The zero-order chi connectivity index (χ0) is 21.3. The second-order valence-electron chi connectivity index (χ2n) is 6.07. The number of nitrogens with one attached hydrogen (secondary N) is 1. The summed E-state index contributed by atoms with van der Waals surface area (Å²) in [5.41, 5.74) is -8.80. The Morgan fingerprint density at radius 3 is 2.14 bits per heavy atom. The molecule has 1 aromatic carbocycles. The molecule has 0 atom stereocenters. The van der Waals surface area contributed by atoms with Gasteiger partial charge >= 0.3 is 18.0 Å². The van der Waals surface area contributed by atoms with Crippen LogP contribution >= 0.6 is 0 Å². The number of aromatic amines is 1. The van der Waals surface area contributed by atoms with Gasteiger partial charge in [-0.3, -0.25) is 9.89 Å². The predicted molar refractivity (Wildman–Crippen MR) is 81.9 cm³/mol. The van der Waals surface area contributed by atoms with Crippen LogP contribution in [-0.2, 0) is 12.1 Å². The fourth-order valence-electron chi connectivity index (χ4n) is 2.50. The predicted octanol–water partition coefficient (Wildman–Crippen LogP) is 5.41. The number of aryl methyl sites for hydroxylation is 1. The van der Waals surface area contributed by atoms with E-state index < -0.39 is 46.6 Å². The summed E-state index contributed by atoms with van der Waals surface area (Å²) < 4.78 is 105. The van der Waals surface area contributed by atoms with Crippen molar-refractivity contribution in [3.05, 3.63) is 52.6 Å². The average Bonchev–Trinajstić information content (AvgIpc) is 3.07. The highest BCUT2D eigenvalue weighted by molar-refractivity contribution is 6.08. The highest BCUT2D eigenvalue weighted by atomic mass is 19.4. The third-order valence-electron chi connectivity index (χ3n) is 4.06. The second-order valence-corrected chi connectivity index (χ2v) is 6.07. The Kier molecular flexibility index (Phi) is 5.86. The molecule has 0 saturated carbocycles. The van der Waals surface area contributed by atoms with Crippen LogP contribution in [0.2, 0.25) is 0 Å². The highest BCUT2D eigenvalue weighted by Crippen LogP contribution is 2.52. The van der Waals surface area contributed by atoms with E-state index in [4.69, 9.17) is 0 Å². The fourth-order valence-corrected chi connectivity index (χ4v) is 2.50. The Hall–Kier alpha value is -2.46. The molecular formula is C17H14F8N2O. The number of halogens is 8. The van der Waals surface area contributed by atoms with Crippen LogP contribution in [0.1, 0.15) is 47.1 Å². The zero-order valence-electron chi connectivity index (χ0n) is 14.3. The summed E-state index contributed by atoms with van der Waals surface area (Å²) in [7, 11) is 0. The van der Waals surface area contributed by atoms with Crippen LogP contribution in [0.4, 0.5) is 35.1 Å². The Bertz CT molecular complexity index is 840. The molecule has 0 bridgehead atoms. The third-order valence-corrected chi connectivity index (χ3v) is 4.06. The smallest absolute Gasteiger partial charge is 0.287 e. The van der Waals surface area contributed by atoms with Gasteiger partial charge in [0.15, 0.2) is 0 Å². The van der Waals surface area contributed by atoms with Crippen LogP contribution in [0.3, 0.4) is 0 Å². The molecule has 3 nitrogen and oxygen atoms in total. The molecule has 0 aliphatic heterocycles. The Labute approximate surface area is 153 Å². The largest absolute Gasteiger partial charge is 0.437 e. The fraction of sp³-hybridized carbons (Fsp3) is 0.412. The first-order chi connectivity index (χ1) is 12.8. The SMILES string of the molecule is CCCCc1ccc(C(=O)c2cc(C(F)(C(F)(F)F)C(F)(F)F)[nH]n2)c(F)c1. The molecule has 0 saturated heterocycles. The number of H-pyrrole nitrogens is 1. The van der Waals surface area contributed by atoms with E-state index in [0.29, 0.717) is 12.0 Å². The first-order valence-electron chi connectivity index (χ1n) is 8.04. The summed E-state index contributed by atoms with van der Waals surface area (Å²) in [5, 5.41) is 4.28. The molecule has 1 aromatic heterocycles. The molecule has 0 fully saturated rings. The van der Waals surface area contributed by atoms with Gasteiger partial charge in [-0.2, -0.15) is 31.4 Å². The van der Waals surface area contributed by atoms with Gasteiger partial charge in [-0.1, -0.05) is 19.4 Å². The van der Waals surface area contributed by atoms with Crippen molar-refractivity contribution in [3.8, 4) is 0 Å². The topological polar surface area (TPSA) is 45.8 Å². The summed E-state index contributed by atoms with van der Waals surface area (Å²) in [6, 6.07) is 3.48. The molecule has 0 amide bonds. The molecule has 0 spiro atoms. The summed E-state index contributed by atoms with van der Waals surface area (Å²) in [5.74, 6) is -2.30. The number of carbonyl (C=O) groups excluding carboxylic acids is 1. The maximum absolute atomic E-state index is 14.1. The molecular weight excluding hydrogens is 400 g/mol. The van der Waals surface area contributed by atoms with Crippen molar-refractivity contribution in [1.82, 2.24) is 10.2 Å². The van der Waals surface area contributed by atoms with Crippen LogP contribution < -0.4 is 0 Å². The quantitative estimate of drug-likeness (QED) is 0.508. The van der Waals surface area contributed by atoms with E-state index in [-0.39, 0.29) is 6.07 Å². The van der Waals surface area contributed by atoms with Gasteiger partial charge in [0.25, 0.3) is 0 Å². The number of nitrogens with zero attached hydrogens (tertiary/aromatic N) is 1. The van der Waals surface area contributed by atoms with Crippen molar-refractivity contribution >= 4 is 5.78 Å². The molecule has 0 radical (unpaired) electrons. The van der Waals surface area contributed by atoms with Gasteiger partial charge in [-0.05, 0) is 36.6 Å². The number of benzene rings is 1. The Balaban J connectivity index is 2.39. The second kappa shape index (κ2) is 7.51. The Morgan fingerprint density at radius 1 is 1.04 bits per heavy atom. The van der Waals surface area contributed by atoms with Gasteiger partial charge in [0.2, 0.25) is 5.78 Å². The lowest BCUT2D eigenvalue weighted by molar-refractivity contribution is -0.350. The number of hydrogen-bond acceptors (Lipinski definition) is 2. The van der Waals surface area contributed by atoms with Crippen molar-refractivity contribution in [2.75, 3.05) is 0 Å². The molecule has 0 unspecified atom stereocenters. The summed E-state index contributed by atoms with van der Waals surface area (Å²) >= 11 is 0. The van der Waals surface area contributed by atoms with Gasteiger partial charge in [0.05, 0.1) is 11.3 Å². The van der Waals surface area contributed by atoms with E-state index in [1.807, 2.05) is 6.92 Å². The molecule has 2 aromatic rings. The van der Waals surface area contributed by atoms with Crippen molar-refractivity contribution in [1.29, 1.82) is 0 Å². The summed E-state index contributed by atoms with van der Waals surface area (Å²) in [4.78, 5) is 12.2. The minimum atomic E-state index is -6.36. The number of rotatable bonds is 6. The van der Waals surface area contributed by atoms with E-state index in [9.17, 15) is 39.9 Å². The number of carbonyl (C=O) groups is 1. The van der Waals surface area contributed by atoms with Crippen molar-refractivity contribution in [3.63, 3.8) is 0 Å². The molecule has 1 heterocycles. The molecule has 2 rings (SSSR count). The van der Waals surface area contributed by atoms with Gasteiger partial charge in [0.1, 0.15) is 11.5 Å². The van der Waals surface area contributed by atoms with Crippen LogP contribution in [-0.4, -0.2) is 28.3 Å². The van der Waals surface area contributed by atoms with E-state index in [0.717, 1.165) is 25.0 Å². The monoisotopic (exact) mass is 414 g/mol. The number of hydrogen-bond donors (Lipinski definition) is 1. The molecule has 0 aliphatic carbocycles. The van der Waals surface area contributed by atoms with Crippen molar-refractivity contribution in [2.45, 2.75) is 44.2 Å². The van der Waals surface area contributed by atoms with Gasteiger partial charge in [-0.15, -0.1) is 0 Å². The number of alkyl halides is 7. The number of unbranched alkanes of at least 4 members (excludes halogenated alkanes) is 1. The lowest BCUT2D eigenvalue weighted by atomic mass is 9.98. The van der Waals surface area contributed by atoms with Crippen LogP contribution in [0.5, 0.6) is 0 Å². The first kappa shape index (κ1) is 21.8. The minimum Gasteiger partial charge on any atom is -0.287 e. The lowest BCUT2D eigenvalue weighted by Gasteiger charge is -2.28. The van der Waals surface area contributed by atoms with E-state index in [1.54, 1.807) is 0 Å². The Morgan fingerprint density at radius 2 is 1.64 bits per heavy atom. The van der Waals surface area contributed by atoms with Gasteiger partial charge in [-0.25, -0.2) is 8.78 Å². The minimum absolute atomic E-state index is 0.0201. The van der Waals surface area contributed by atoms with Crippen molar-refractivity contribution in [2.24, 2.45) is 0 Å². The van der Waals surface area contributed by atoms with Crippen molar-refractivity contribution < 1.29 is 39.9 Å². The molecule has 154 valence electrons. The highest BCUT2D eigenvalue weighted by Gasteiger charge is 2.74. The van der Waals surface area contributed by atoms with Gasteiger partial charge < -0.3 is 0 Å². The molecule has 11 heteroatoms. The van der Waals surface area contributed by atoms with Gasteiger partial charge in [0, 0.05) is 0 Å². The van der Waals surface area contributed by atoms with E-state index in [2.05, 4.69) is 5.10 Å². The number of ketones is 1. The van der Waals surface area contributed by atoms with E-state index in [1.165, 1.54) is 11.2 Å². The molecule has 0 aliphatic rings. The first-order valence-corrected chi connectivity index (χ1v) is 8.04. The summed E-state index contributed by atoms with van der Waals surface area (Å²) in [6.07, 6.45) is -10.6. The zero-order valence-corrected chi connectivity index (χ0v) is 14.3. The standard InChI is InChI=1S/C17H14F8N2O/c1-2-3-4-9-5-6-10(11(18)7-9)14(28)12-8-13(27-26-12)15(19,16(20,21)22)17(23,24)25/h5-8H,2-4H2,1H3,(H,26,27). The summed E-state index contributed by atoms with van der Waals surface area (Å²) in [6.45, 7) is 1.91. The average molecular weight is 414 g/mol. The number of aromatic nitrogens is 2. The normalized spacial score (nSPS) is 13.0.